The number of hydrogen-bond donors (Lipinski definition) is 3. The highest BCUT2D eigenvalue weighted by Crippen LogP contribution is 2.46. The van der Waals surface area contributed by atoms with Crippen LogP contribution in [-0.4, -0.2) is 87.3 Å². The number of pyridine rings is 1. The lowest BCUT2D eigenvalue weighted by Gasteiger charge is -2.30. The predicted octanol–water partition coefficient (Wildman–Crippen LogP) is 6.10. The van der Waals surface area contributed by atoms with Gasteiger partial charge in [0, 0.05) is 41.3 Å². The van der Waals surface area contributed by atoms with Crippen molar-refractivity contribution in [3.63, 3.8) is 0 Å². The van der Waals surface area contributed by atoms with Gasteiger partial charge in [-0.3, -0.25) is 9.59 Å². The van der Waals surface area contributed by atoms with E-state index in [4.69, 9.17) is 24.2 Å². The van der Waals surface area contributed by atoms with E-state index in [-0.39, 0.29) is 30.9 Å². The van der Waals surface area contributed by atoms with Gasteiger partial charge in [-0.2, -0.15) is 0 Å². The summed E-state index contributed by atoms with van der Waals surface area (Å²) in [6.45, 7) is 0.159. The van der Waals surface area contributed by atoms with Crippen molar-refractivity contribution < 1.29 is 33.7 Å². The molecule has 5 atom stereocenters. The third-order valence-electron chi connectivity index (χ3n) is 11.2. The second-order valence-electron chi connectivity index (χ2n) is 15.0. The molecule has 52 heavy (non-hydrogen) atoms. The van der Waals surface area contributed by atoms with Gasteiger partial charge in [0.2, 0.25) is 5.91 Å². The molecule has 3 saturated carbocycles. The van der Waals surface area contributed by atoms with Gasteiger partial charge in [0.25, 0.3) is 5.91 Å². The molecular weight excluding hydrogens is 683 g/mol. The molecule has 3 aromatic rings. The van der Waals surface area contributed by atoms with Gasteiger partial charge >= 0.3 is 5.97 Å². The minimum absolute atomic E-state index is 0.0210. The lowest BCUT2D eigenvalue weighted by molar-refractivity contribution is -0.153. The van der Waals surface area contributed by atoms with Crippen LogP contribution < -0.4 is 20.1 Å². The molecule has 2 aliphatic heterocycles. The Labute approximate surface area is 307 Å². The van der Waals surface area contributed by atoms with Crippen LogP contribution in [0.1, 0.15) is 83.5 Å². The maximum atomic E-state index is 14.5. The summed E-state index contributed by atoms with van der Waals surface area (Å²) in [4.78, 5) is 52.5. The molecule has 4 heterocycles. The summed E-state index contributed by atoms with van der Waals surface area (Å²) in [6, 6.07) is 7.03. The van der Waals surface area contributed by atoms with Crippen LogP contribution in [0, 0.1) is 5.92 Å². The van der Waals surface area contributed by atoms with Gasteiger partial charge < -0.3 is 34.9 Å². The first-order valence-corrected chi connectivity index (χ1v) is 19.7. The Morgan fingerprint density at radius 1 is 1.02 bits per heavy atom. The number of rotatable bonds is 9. The number of carboxylic acids is 1. The summed E-state index contributed by atoms with van der Waals surface area (Å²) >= 11 is 1.53. The first-order chi connectivity index (χ1) is 25.3. The summed E-state index contributed by atoms with van der Waals surface area (Å²) in [5.41, 5.74) is 0.644. The molecule has 2 aromatic heterocycles. The molecule has 13 heteroatoms. The van der Waals surface area contributed by atoms with Crippen molar-refractivity contribution in [2.75, 3.05) is 19.0 Å². The molecule has 5 aliphatic rings. The highest BCUT2D eigenvalue weighted by atomic mass is 32.1. The van der Waals surface area contributed by atoms with Gasteiger partial charge in [-0.25, -0.2) is 14.8 Å². The number of nitrogens with zero attached hydrogens (tertiary/aromatic N) is 3. The molecule has 0 spiro atoms. The second-order valence-corrected chi connectivity index (χ2v) is 15.9. The Kier molecular flexibility index (Phi) is 9.82. The van der Waals surface area contributed by atoms with Crippen LogP contribution in [0.4, 0.5) is 5.13 Å². The number of fused-ring (bicyclic) bond motifs is 3. The van der Waals surface area contributed by atoms with E-state index in [1.807, 2.05) is 41.8 Å². The Hall–Kier alpha value is -4.23. The fourth-order valence-corrected chi connectivity index (χ4v) is 8.72. The highest BCUT2D eigenvalue weighted by Gasteiger charge is 2.61. The third-order valence-corrected chi connectivity index (χ3v) is 11.9. The van der Waals surface area contributed by atoms with Gasteiger partial charge in [0.05, 0.1) is 31.0 Å². The number of carboxylic acid groups (broad SMARTS) is 1. The van der Waals surface area contributed by atoms with E-state index in [2.05, 4.69) is 10.6 Å². The molecule has 0 radical (unpaired) electrons. The van der Waals surface area contributed by atoms with Gasteiger partial charge in [-0.1, -0.05) is 37.8 Å². The van der Waals surface area contributed by atoms with E-state index in [1.165, 1.54) is 11.3 Å². The summed E-state index contributed by atoms with van der Waals surface area (Å²) in [5.74, 6) is -0.850. The van der Waals surface area contributed by atoms with Gasteiger partial charge in [0.15, 0.2) is 5.13 Å². The molecule has 276 valence electrons. The smallest absolute Gasteiger partial charge is 0.330 e. The number of thiazole rings is 1. The number of anilines is 1. The zero-order valence-corrected chi connectivity index (χ0v) is 30.4. The Bertz CT molecular complexity index is 1860. The van der Waals surface area contributed by atoms with Crippen LogP contribution in [0.3, 0.4) is 0 Å². The molecular formula is C39H47N5O7S. The number of nitrogens with one attached hydrogen (secondary N) is 2. The fraction of sp³-hybridized carbons (Fsp3) is 0.564. The Morgan fingerprint density at radius 2 is 1.85 bits per heavy atom. The number of carbonyl (C=O) groups is 3. The van der Waals surface area contributed by atoms with Crippen molar-refractivity contribution in [1.29, 1.82) is 0 Å². The summed E-state index contributed by atoms with van der Waals surface area (Å²) < 4.78 is 18.8. The van der Waals surface area contributed by atoms with Gasteiger partial charge in [-0.05, 0) is 63.5 Å². The number of aromatic nitrogens is 2. The van der Waals surface area contributed by atoms with Crippen molar-refractivity contribution in [3.05, 3.63) is 41.8 Å². The summed E-state index contributed by atoms with van der Waals surface area (Å²) in [6.07, 6.45) is 13.7. The van der Waals surface area contributed by atoms with E-state index in [9.17, 15) is 19.5 Å². The Morgan fingerprint density at radius 3 is 2.63 bits per heavy atom. The van der Waals surface area contributed by atoms with Crippen LogP contribution >= 0.6 is 11.3 Å². The third kappa shape index (κ3) is 7.34. The van der Waals surface area contributed by atoms with E-state index in [0.29, 0.717) is 41.6 Å². The zero-order valence-electron chi connectivity index (χ0n) is 29.6. The number of benzene rings is 1. The van der Waals surface area contributed by atoms with Crippen LogP contribution in [-0.2, 0) is 19.1 Å². The number of hydrogen-bond acceptors (Lipinski definition) is 10. The lowest BCUT2D eigenvalue weighted by Crippen LogP contribution is -2.54. The SMILES string of the molecule is COc1ccc2c(OC3CC4C(=O)NC5(C(=O)O)CC5/C=C/CCCCCC(OC5CCCC5)C(=O)N4C3)cc(-c3csc(NC4CC4)n3)nc2c1. The summed E-state index contributed by atoms with van der Waals surface area (Å²) in [5, 5.41) is 20.2. The van der Waals surface area contributed by atoms with Crippen molar-refractivity contribution in [1.82, 2.24) is 20.2 Å². The monoisotopic (exact) mass is 729 g/mol. The van der Waals surface area contributed by atoms with E-state index in [0.717, 1.165) is 80.4 Å². The fourth-order valence-electron chi connectivity index (χ4n) is 7.93. The maximum absolute atomic E-state index is 14.5. The minimum atomic E-state index is -1.38. The maximum Gasteiger partial charge on any atom is 0.330 e. The van der Waals surface area contributed by atoms with E-state index < -0.39 is 35.7 Å². The standard InChI is InChI=1S/C39H47N5O7S/c1-49-26-15-16-28-29(17-26)41-30(31-22-52-38(42-31)40-24-13-14-24)19-34(28)51-27-18-32-35(45)43-39(37(47)48)20-23(39)9-5-3-2-4-6-12-33(36(46)44(32)21-27)50-25-10-7-8-11-25/h5,9,15-17,19,22-25,27,32-33H,2-4,6-8,10-14,18,20-21H2,1H3,(H,40,42)(H,43,45)(H,47,48)/b9-5+. The molecule has 2 amide bonds. The zero-order chi connectivity index (χ0) is 35.8. The quantitative estimate of drug-likeness (QED) is 0.221. The molecule has 4 fully saturated rings. The van der Waals surface area contributed by atoms with Crippen LogP contribution in [0.2, 0.25) is 0 Å². The molecule has 8 rings (SSSR count). The van der Waals surface area contributed by atoms with Crippen LogP contribution in [0.5, 0.6) is 11.5 Å². The predicted molar refractivity (Wildman–Crippen MR) is 197 cm³/mol. The van der Waals surface area contributed by atoms with Gasteiger partial charge in [-0.15, -0.1) is 11.3 Å². The number of carbonyl (C=O) groups excluding carboxylic acids is 2. The van der Waals surface area contributed by atoms with Crippen molar-refractivity contribution in [2.45, 2.75) is 119 Å². The average Bonchev–Trinajstić information content (AvgIpc) is 3.83. The van der Waals surface area contributed by atoms with E-state index in [1.54, 1.807) is 12.0 Å². The highest BCUT2D eigenvalue weighted by molar-refractivity contribution is 7.14. The topological polar surface area (TPSA) is 152 Å². The minimum Gasteiger partial charge on any atom is -0.497 e. The molecule has 1 aromatic carbocycles. The lowest BCUT2D eigenvalue weighted by atomic mass is 10.1. The van der Waals surface area contributed by atoms with Crippen molar-refractivity contribution >= 4 is 45.2 Å². The molecule has 5 unspecified atom stereocenters. The molecule has 0 bridgehead atoms. The average molecular weight is 730 g/mol. The van der Waals surface area contributed by atoms with E-state index >= 15 is 0 Å². The first kappa shape index (κ1) is 34.8. The number of ether oxygens (including phenoxy) is 3. The summed E-state index contributed by atoms with van der Waals surface area (Å²) in [7, 11) is 1.61. The molecule has 1 saturated heterocycles. The number of aliphatic carboxylic acids is 1. The number of amides is 2. The first-order valence-electron chi connectivity index (χ1n) is 18.9. The van der Waals surface area contributed by atoms with Gasteiger partial charge in [0.1, 0.15) is 41.0 Å². The molecule has 12 nitrogen and oxygen atoms in total. The normalized spacial score (nSPS) is 29.1. The Balaban J connectivity index is 1.11. The second kappa shape index (κ2) is 14.7. The largest absolute Gasteiger partial charge is 0.497 e. The van der Waals surface area contributed by atoms with Crippen LogP contribution in [0.15, 0.2) is 41.8 Å². The molecule has 3 N–H and O–H groups in total. The number of methoxy groups -OCH3 is 1. The van der Waals surface area contributed by atoms with Crippen molar-refractivity contribution in [3.8, 4) is 22.9 Å². The van der Waals surface area contributed by atoms with Crippen LogP contribution in [0.25, 0.3) is 22.3 Å². The van der Waals surface area contributed by atoms with Crippen molar-refractivity contribution in [2.24, 2.45) is 5.92 Å². The molecule has 3 aliphatic carbocycles. The number of allylic oxidation sites excluding steroid dienone is 1.